The van der Waals surface area contributed by atoms with E-state index in [1.807, 2.05) is 18.7 Å². The number of hydrogen-bond acceptors (Lipinski definition) is 2. The number of hydrogen-bond donors (Lipinski definition) is 1. The molecule has 1 atom stereocenters. The van der Waals surface area contributed by atoms with Crippen molar-refractivity contribution in [3.63, 3.8) is 0 Å². The van der Waals surface area contributed by atoms with Gasteiger partial charge in [-0.05, 0) is 55.2 Å². The Morgan fingerprint density at radius 1 is 1.38 bits per heavy atom. The molecule has 0 saturated carbocycles. The van der Waals surface area contributed by atoms with E-state index in [-0.39, 0.29) is 11.9 Å². The van der Waals surface area contributed by atoms with Crippen molar-refractivity contribution in [2.24, 2.45) is 0 Å². The quantitative estimate of drug-likeness (QED) is 0.817. The highest BCUT2D eigenvalue weighted by Crippen LogP contribution is 2.21. The van der Waals surface area contributed by atoms with Crippen LogP contribution < -0.4 is 5.32 Å². The van der Waals surface area contributed by atoms with Crippen LogP contribution in [0, 0.1) is 12.7 Å². The lowest BCUT2D eigenvalue weighted by molar-refractivity contribution is 0.534. The van der Waals surface area contributed by atoms with Crippen molar-refractivity contribution in [2.75, 3.05) is 18.6 Å². The summed E-state index contributed by atoms with van der Waals surface area (Å²) in [5.74, 6) is 0.954. The van der Waals surface area contributed by atoms with Crippen molar-refractivity contribution in [3.05, 3.63) is 35.1 Å². The van der Waals surface area contributed by atoms with E-state index in [1.165, 1.54) is 0 Å². The fraction of sp³-hybridized carbons (Fsp3) is 0.538. The molecule has 0 amide bonds. The van der Waals surface area contributed by atoms with E-state index in [1.54, 1.807) is 12.1 Å². The van der Waals surface area contributed by atoms with Crippen molar-refractivity contribution in [2.45, 2.75) is 26.3 Å². The van der Waals surface area contributed by atoms with E-state index in [2.05, 4.69) is 24.6 Å². The predicted molar refractivity (Wildman–Crippen MR) is 70.6 cm³/mol. The van der Waals surface area contributed by atoms with Crippen molar-refractivity contribution in [1.82, 2.24) is 5.32 Å². The smallest absolute Gasteiger partial charge is 0.123 e. The topological polar surface area (TPSA) is 12.0 Å². The molecule has 0 fully saturated rings. The predicted octanol–water partition coefficient (Wildman–Crippen LogP) is 3.54. The van der Waals surface area contributed by atoms with Crippen LogP contribution in [-0.2, 0) is 0 Å². The highest BCUT2D eigenvalue weighted by molar-refractivity contribution is 7.98. The largest absolute Gasteiger partial charge is 0.310 e. The Labute approximate surface area is 102 Å². The molecule has 1 rings (SSSR count). The third kappa shape index (κ3) is 4.14. The van der Waals surface area contributed by atoms with Crippen LogP contribution in [0.5, 0.6) is 0 Å². The summed E-state index contributed by atoms with van der Waals surface area (Å²) >= 11 is 1.83. The van der Waals surface area contributed by atoms with Crippen LogP contribution in [0.15, 0.2) is 18.2 Å². The van der Waals surface area contributed by atoms with Crippen LogP contribution in [0.2, 0.25) is 0 Å². The maximum absolute atomic E-state index is 13.3. The van der Waals surface area contributed by atoms with Gasteiger partial charge in [0.1, 0.15) is 5.82 Å². The maximum atomic E-state index is 13.3. The summed E-state index contributed by atoms with van der Waals surface area (Å²) in [5, 5.41) is 3.41. The van der Waals surface area contributed by atoms with Gasteiger partial charge in [0, 0.05) is 6.04 Å². The van der Waals surface area contributed by atoms with Gasteiger partial charge in [-0.25, -0.2) is 4.39 Å². The average Bonchev–Trinajstić information content (AvgIpc) is 2.22. The zero-order valence-electron chi connectivity index (χ0n) is 10.2. The van der Waals surface area contributed by atoms with Crippen molar-refractivity contribution in [1.29, 1.82) is 0 Å². The molecule has 16 heavy (non-hydrogen) atoms. The van der Waals surface area contributed by atoms with Gasteiger partial charge in [-0.2, -0.15) is 11.8 Å². The SMILES string of the molecule is CCNC(CCSC)c1cc(C)cc(F)c1. The van der Waals surface area contributed by atoms with Gasteiger partial charge in [-0.15, -0.1) is 0 Å². The molecule has 1 nitrogen and oxygen atoms in total. The summed E-state index contributed by atoms with van der Waals surface area (Å²) in [4.78, 5) is 0. The summed E-state index contributed by atoms with van der Waals surface area (Å²) in [6.45, 7) is 4.93. The van der Waals surface area contributed by atoms with Crippen LogP contribution in [-0.4, -0.2) is 18.6 Å². The second-order valence-corrected chi connectivity index (χ2v) is 4.94. The molecule has 0 aliphatic heterocycles. The monoisotopic (exact) mass is 241 g/mol. The zero-order valence-corrected chi connectivity index (χ0v) is 11.0. The van der Waals surface area contributed by atoms with Crippen molar-refractivity contribution in [3.8, 4) is 0 Å². The van der Waals surface area contributed by atoms with Crippen LogP contribution >= 0.6 is 11.8 Å². The first-order chi connectivity index (χ1) is 7.67. The van der Waals surface area contributed by atoms with Crippen LogP contribution in [0.4, 0.5) is 4.39 Å². The Kier molecular flexibility index (Phi) is 5.85. The third-order valence-electron chi connectivity index (χ3n) is 2.53. The Morgan fingerprint density at radius 2 is 2.12 bits per heavy atom. The zero-order chi connectivity index (χ0) is 12.0. The fourth-order valence-corrected chi connectivity index (χ4v) is 2.31. The Balaban J connectivity index is 2.82. The first-order valence-corrected chi connectivity index (χ1v) is 7.06. The first kappa shape index (κ1) is 13.5. The average molecular weight is 241 g/mol. The lowest BCUT2D eigenvalue weighted by Crippen LogP contribution is -2.21. The third-order valence-corrected chi connectivity index (χ3v) is 3.17. The molecule has 1 unspecified atom stereocenters. The molecule has 0 spiro atoms. The van der Waals surface area contributed by atoms with E-state index in [9.17, 15) is 4.39 Å². The first-order valence-electron chi connectivity index (χ1n) is 5.66. The number of nitrogens with one attached hydrogen (secondary N) is 1. The van der Waals surface area contributed by atoms with E-state index >= 15 is 0 Å². The minimum atomic E-state index is -0.137. The van der Waals surface area contributed by atoms with Gasteiger partial charge >= 0.3 is 0 Å². The number of aryl methyl sites for hydroxylation is 1. The van der Waals surface area contributed by atoms with Crippen LogP contribution in [0.3, 0.4) is 0 Å². The summed E-state index contributed by atoms with van der Waals surface area (Å²) in [6.07, 6.45) is 3.14. The molecule has 1 N–H and O–H groups in total. The van der Waals surface area contributed by atoms with Gasteiger partial charge in [0.25, 0.3) is 0 Å². The highest BCUT2D eigenvalue weighted by Gasteiger charge is 2.11. The molecular formula is C13H20FNS. The molecule has 0 radical (unpaired) electrons. The van der Waals surface area contributed by atoms with E-state index < -0.39 is 0 Å². The summed E-state index contributed by atoms with van der Waals surface area (Å²) in [5.41, 5.74) is 2.05. The number of thioether (sulfide) groups is 1. The minimum Gasteiger partial charge on any atom is -0.310 e. The molecule has 90 valence electrons. The van der Waals surface area contributed by atoms with Gasteiger partial charge in [-0.1, -0.05) is 13.0 Å². The molecule has 0 saturated heterocycles. The molecular weight excluding hydrogens is 221 g/mol. The normalized spacial score (nSPS) is 12.8. The lowest BCUT2D eigenvalue weighted by Gasteiger charge is -2.18. The number of halogens is 1. The van der Waals surface area contributed by atoms with E-state index in [0.29, 0.717) is 0 Å². The molecule has 1 aromatic carbocycles. The highest BCUT2D eigenvalue weighted by atomic mass is 32.2. The van der Waals surface area contributed by atoms with Gasteiger partial charge < -0.3 is 5.32 Å². The molecule has 3 heteroatoms. The number of benzene rings is 1. The second-order valence-electron chi connectivity index (χ2n) is 3.95. The summed E-state index contributed by atoms with van der Waals surface area (Å²) in [7, 11) is 0. The molecule has 0 heterocycles. The Hall–Kier alpha value is -0.540. The number of rotatable bonds is 6. The van der Waals surface area contributed by atoms with Crippen molar-refractivity contribution >= 4 is 11.8 Å². The Bertz CT molecular complexity index is 307. The fourth-order valence-electron chi connectivity index (χ4n) is 1.83. The van der Waals surface area contributed by atoms with Gasteiger partial charge in [0.15, 0.2) is 0 Å². The molecule has 1 aromatic rings. The van der Waals surface area contributed by atoms with Crippen LogP contribution in [0.1, 0.15) is 30.5 Å². The second kappa shape index (κ2) is 6.92. The standard InChI is InChI=1S/C13H20FNS/c1-4-15-13(5-6-16-3)11-7-10(2)8-12(14)9-11/h7-9,13,15H,4-6H2,1-3H3. The van der Waals surface area contributed by atoms with Crippen molar-refractivity contribution < 1.29 is 4.39 Å². The molecule has 0 aromatic heterocycles. The van der Waals surface area contributed by atoms with Gasteiger partial charge in [0.2, 0.25) is 0 Å². The van der Waals surface area contributed by atoms with Gasteiger partial charge in [0.05, 0.1) is 0 Å². The maximum Gasteiger partial charge on any atom is 0.123 e. The lowest BCUT2D eigenvalue weighted by atomic mass is 10.0. The van der Waals surface area contributed by atoms with Gasteiger partial charge in [-0.3, -0.25) is 0 Å². The molecule has 0 aliphatic carbocycles. The summed E-state index contributed by atoms with van der Waals surface area (Å²) in [6, 6.07) is 5.55. The van der Waals surface area contributed by atoms with Crippen LogP contribution in [0.25, 0.3) is 0 Å². The van der Waals surface area contributed by atoms with E-state index in [4.69, 9.17) is 0 Å². The molecule has 0 bridgehead atoms. The Morgan fingerprint density at radius 3 is 2.69 bits per heavy atom. The molecule has 0 aliphatic rings. The van der Waals surface area contributed by atoms with E-state index in [0.717, 1.165) is 29.8 Å². The minimum absolute atomic E-state index is 0.137. The summed E-state index contributed by atoms with van der Waals surface area (Å²) < 4.78 is 13.3.